The highest BCUT2D eigenvalue weighted by Crippen LogP contribution is 2.20. The van der Waals surface area contributed by atoms with E-state index in [1.165, 1.54) is 6.08 Å². The highest BCUT2D eigenvalue weighted by molar-refractivity contribution is 9.09. The molecule has 0 aliphatic heterocycles. The van der Waals surface area contributed by atoms with Crippen LogP contribution in [0.5, 0.6) is 0 Å². The Hall–Kier alpha value is -0.0800. The summed E-state index contributed by atoms with van der Waals surface area (Å²) in [7, 11) is 0. The molecule has 0 rings (SSSR count). The van der Waals surface area contributed by atoms with Crippen LogP contribution in [0.2, 0.25) is 0 Å². The van der Waals surface area contributed by atoms with Crippen LogP contribution in [0.4, 0.5) is 4.39 Å². The lowest BCUT2D eigenvalue weighted by Crippen LogP contribution is -1.85. The maximum Gasteiger partial charge on any atom is 0.121 e. The molecule has 10 heavy (non-hydrogen) atoms. The first-order chi connectivity index (χ1) is 4.63. The van der Waals surface area contributed by atoms with Gasteiger partial charge in [-0.15, -0.1) is 0 Å². The molecule has 0 saturated carbocycles. The van der Waals surface area contributed by atoms with E-state index >= 15 is 0 Å². The topological polar surface area (TPSA) is 0 Å². The summed E-state index contributed by atoms with van der Waals surface area (Å²) in [5.41, 5.74) is 0.344. The minimum Gasteiger partial charge on any atom is -0.207 e. The lowest BCUT2D eigenvalue weighted by molar-refractivity contribution is 0.657. The zero-order valence-electron chi connectivity index (χ0n) is 5.33. The Kier molecular flexibility index (Phi) is 4.65. The molecule has 0 atom stereocenters. The van der Waals surface area contributed by atoms with E-state index in [4.69, 9.17) is 11.6 Å². The molecule has 0 aliphatic rings. The van der Waals surface area contributed by atoms with Gasteiger partial charge in [-0.25, -0.2) is 4.39 Å². The summed E-state index contributed by atoms with van der Waals surface area (Å²) >= 11 is 8.62. The van der Waals surface area contributed by atoms with Gasteiger partial charge in [-0.2, -0.15) is 0 Å². The predicted molar refractivity (Wildman–Crippen MR) is 47.1 cm³/mol. The fraction of sp³-hybridized carbons (Fsp3) is 0.143. The van der Waals surface area contributed by atoms with Gasteiger partial charge in [-0.1, -0.05) is 46.8 Å². The van der Waals surface area contributed by atoms with Crippen molar-refractivity contribution in [3.05, 3.63) is 35.7 Å². The SMILES string of the molecule is C=C/C(Cl)=C(/CBr)C(=C)F. The molecule has 0 radical (unpaired) electrons. The Morgan fingerprint density at radius 2 is 2.20 bits per heavy atom. The zero-order chi connectivity index (χ0) is 8.15. The lowest BCUT2D eigenvalue weighted by Gasteiger charge is -1.98. The Labute approximate surface area is 73.2 Å². The monoisotopic (exact) mass is 224 g/mol. The van der Waals surface area contributed by atoms with Crippen LogP contribution in [0.3, 0.4) is 0 Å². The van der Waals surface area contributed by atoms with Gasteiger partial charge in [0, 0.05) is 15.9 Å². The van der Waals surface area contributed by atoms with Crippen LogP contribution >= 0.6 is 27.5 Å². The summed E-state index contributed by atoms with van der Waals surface area (Å²) in [6.07, 6.45) is 1.38. The van der Waals surface area contributed by atoms with Gasteiger partial charge in [0.2, 0.25) is 0 Å². The average molecular weight is 225 g/mol. The van der Waals surface area contributed by atoms with Gasteiger partial charge in [0.25, 0.3) is 0 Å². The third-order valence-corrected chi connectivity index (χ3v) is 1.87. The predicted octanol–water partition coefficient (Wildman–Crippen LogP) is 3.54. The number of halogens is 3. The molecule has 0 bridgehead atoms. The first-order valence-electron chi connectivity index (χ1n) is 2.55. The number of hydrogen-bond acceptors (Lipinski definition) is 0. The fourth-order valence-corrected chi connectivity index (χ4v) is 1.33. The Balaban J connectivity index is 4.62. The van der Waals surface area contributed by atoms with Gasteiger partial charge in [-0.3, -0.25) is 0 Å². The van der Waals surface area contributed by atoms with Gasteiger partial charge in [-0.05, 0) is 0 Å². The van der Waals surface area contributed by atoms with E-state index in [1.54, 1.807) is 0 Å². The van der Waals surface area contributed by atoms with Crippen LogP contribution in [0.1, 0.15) is 0 Å². The van der Waals surface area contributed by atoms with Crippen LogP contribution in [0, 0.1) is 0 Å². The van der Waals surface area contributed by atoms with Crippen molar-refractivity contribution < 1.29 is 4.39 Å². The highest BCUT2D eigenvalue weighted by Gasteiger charge is 2.03. The number of allylic oxidation sites excluding steroid dienone is 4. The molecule has 0 aromatic heterocycles. The third-order valence-electron chi connectivity index (χ3n) is 0.929. The van der Waals surface area contributed by atoms with E-state index < -0.39 is 5.83 Å². The largest absolute Gasteiger partial charge is 0.207 e. The molecule has 3 heteroatoms. The molecule has 56 valence electrons. The van der Waals surface area contributed by atoms with Crippen molar-refractivity contribution in [2.24, 2.45) is 0 Å². The van der Waals surface area contributed by atoms with E-state index in [0.29, 0.717) is 15.9 Å². The minimum absolute atomic E-state index is 0.296. The van der Waals surface area contributed by atoms with E-state index in [9.17, 15) is 4.39 Å². The van der Waals surface area contributed by atoms with Crippen molar-refractivity contribution in [3.63, 3.8) is 0 Å². The summed E-state index contributed by atoms with van der Waals surface area (Å²) in [5.74, 6) is -0.526. The van der Waals surface area contributed by atoms with Gasteiger partial charge in [0.05, 0.1) is 0 Å². The second-order valence-electron chi connectivity index (χ2n) is 1.57. The number of hydrogen-bond donors (Lipinski definition) is 0. The number of rotatable bonds is 3. The molecule has 0 aliphatic carbocycles. The summed E-state index contributed by atoms with van der Waals surface area (Å²) in [5, 5.41) is 0.650. The van der Waals surface area contributed by atoms with E-state index in [0.717, 1.165) is 0 Å². The molecule has 0 saturated heterocycles. The van der Waals surface area contributed by atoms with Crippen LogP contribution in [0.25, 0.3) is 0 Å². The van der Waals surface area contributed by atoms with Crippen molar-refractivity contribution in [1.29, 1.82) is 0 Å². The standard InChI is InChI=1S/C7H7BrClF/c1-3-7(9)6(4-8)5(2)10/h3H,1-2,4H2/b7-6+. The molecule has 0 aromatic carbocycles. The third kappa shape index (κ3) is 2.67. The molecule has 0 spiro atoms. The van der Waals surface area contributed by atoms with Crippen LogP contribution in [-0.2, 0) is 0 Å². The molecule has 0 amide bonds. The van der Waals surface area contributed by atoms with E-state index in [-0.39, 0.29) is 0 Å². The first-order valence-corrected chi connectivity index (χ1v) is 4.05. The normalized spacial score (nSPS) is 12.3. The van der Waals surface area contributed by atoms with Crippen molar-refractivity contribution in [3.8, 4) is 0 Å². The van der Waals surface area contributed by atoms with Gasteiger partial charge < -0.3 is 0 Å². The zero-order valence-corrected chi connectivity index (χ0v) is 7.67. The fourth-order valence-electron chi connectivity index (χ4n) is 0.389. The van der Waals surface area contributed by atoms with Crippen LogP contribution < -0.4 is 0 Å². The lowest BCUT2D eigenvalue weighted by atomic mass is 10.2. The van der Waals surface area contributed by atoms with Crippen molar-refractivity contribution >= 4 is 27.5 Å². The quantitative estimate of drug-likeness (QED) is 0.509. The first kappa shape index (κ1) is 9.92. The van der Waals surface area contributed by atoms with Gasteiger partial charge in [0.15, 0.2) is 0 Å². The van der Waals surface area contributed by atoms with E-state index in [1.807, 2.05) is 0 Å². The molecule has 0 fully saturated rings. The second-order valence-corrected chi connectivity index (χ2v) is 2.54. The molecule has 0 nitrogen and oxygen atoms in total. The summed E-state index contributed by atoms with van der Waals surface area (Å²) < 4.78 is 12.4. The maximum atomic E-state index is 12.4. The van der Waals surface area contributed by atoms with E-state index in [2.05, 4.69) is 29.1 Å². The second kappa shape index (κ2) is 4.69. The summed E-state index contributed by atoms with van der Waals surface area (Å²) in [6.45, 7) is 6.50. The molecule has 0 N–H and O–H groups in total. The summed E-state index contributed by atoms with van der Waals surface area (Å²) in [6, 6.07) is 0. The molecule has 0 unspecified atom stereocenters. The number of alkyl halides is 1. The van der Waals surface area contributed by atoms with Gasteiger partial charge in [0.1, 0.15) is 5.83 Å². The molecule has 0 heterocycles. The molecular formula is C7H7BrClF. The Morgan fingerprint density at radius 1 is 1.70 bits per heavy atom. The molecule has 0 aromatic rings. The Morgan fingerprint density at radius 3 is 2.30 bits per heavy atom. The van der Waals surface area contributed by atoms with Gasteiger partial charge >= 0.3 is 0 Å². The average Bonchev–Trinajstić information content (AvgIpc) is 1.88. The minimum atomic E-state index is -0.526. The van der Waals surface area contributed by atoms with Crippen molar-refractivity contribution in [2.75, 3.05) is 5.33 Å². The van der Waals surface area contributed by atoms with Crippen molar-refractivity contribution in [1.82, 2.24) is 0 Å². The van der Waals surface area contributed by atoms with Crippen LogP contribution in [-0.4, -0.2) is 5.33 Å². The Bertz CT molecular complexity index is 184. The smallest absolute Gasteiger partial charge is 0.121 e. The summed E-state index contributed by atoms with van der Waals surface area (Å²) in [4.78, 5) is 0. The maximum absolute atomic E-state index is 12.4. The highest BCUT2D eigenvalue weighted by atomic mass is 79.9. The molecular weight excluding hydrogens is 218 g/mol. The van der Waals surface area contributed by atoms with Crippen molar-refractivity contribution in [2.45, 2.75) is 0 Å². The van der Waals surface area contributed by atoms with Crippen LogP contribution in [0.15, 0.2) is 35.7 Å².